The van der Waals surface area contributed by atoms with Crippen LogP contribution in [0, 0.1) is 11.6 Å². The normalized spacial score (nSPS) is 15.5. The number of hydrogen-bond donors (Lipinski definition) is 2. The minimum Gasteiger partial charge on any atom is -0.452 e. The highest BCUT2D eigenvalue weighted by Gasteiger charge is 2.24. The molecular formula is C18H14F2N2O4S. The van der Waals surface area contributed by atoms with E-state index in [0.29, 0.717) is 11.8 Å². The van der Waals surface area contributed by atoms with E-state index in [0.717, 1.165) is 17.0 Å². The van der Waals surface area contributed by atoms with Gasteiger partial charge in [0.2, 0.25) is 5.91 Å². The molecule has 27 heavy (non-hydrogen) atoms. The Balaban J connectivity index is 1.60. The first-order chi connectivity index (χ1) is 12.8. The minimum atomic E-state index is -0.938. The van der Waals surface area contributed by atoms with Crippen LogP contribution in [0.4, 0.5) is 20.2 Å². The van der Waals surface area contributed by atoms with Crippen LogP contribution in [0.5, 0.6) is 0 Å². The van der Waals surface area contributed by atoms with Gasteiger partial charge >= 0.3 is 5.97 Å². The van der Waals surface area contributed by atoms with E-state index in [4.69, 9.17) is 4.74 Å². The van der Waals surface area contributed by atoms with Gasteiger partial charge in [0.1, 0.15) is 11.6 Å². The van der Waals surface area contributed by atoms with Crippen LogP contribution in [0.15, 0.2) is 41.3 Å². The number of carbonyl (C=O) groups excluding carboxylic acids is 3. The standard InChI is InChI=1S/C18H14F2N2O4S/c1-9-17(24)22-14-6-10(2-5-15(14)27-9)18(25)26-8-16(23)21-13-4-3-11(19)7-12(13)20/h2-7,9H,8H2,1H3,(H,21,23)(H,22,24). The minimum absolute atomic E-state index is 0.157. The van der Waals surface area contributed by atoms with Crippen LogP contribution in [0.1, 0.15) is 17.3 Å². The third-order valence-electron chi connectivity index (χ3n) is 3.69. The van der Waals surface area contributed by atoms with E-state index in [-0.39, 0.29) is 22.4 Å². The lowest BCUT2D eigenvalue weighted by molar-refractivity contribution is -0.119. The van der Waals surface area contributed by atoms with Gasteiger partial charge in [0, 0.05) is 11.0 Å². The van der Waals surface area contributed by atoms with Gasteiger partial charge in [-0.2, -0.15) is 0 Å². The molecule has 1 aliphatic heterocycles. The highest BCUT2D eigenvalue weighted by atomic mass is 32.2. The van der Waals surface area contributed by atoms with Crippen molar-refractivity contribution in [3.05, 3.63) is 53.6 Å². The number of hydrogen-bond acceptors (Lipinski definition) is 5. The molecule has 0 bridgehead atoms. The zero-order chi connectivity index (χ0) is 19.6. The number of anilines is 2. The average Bonchev–Trinajstić information content (AvgIpc) is 2.62. The second-order valence-electron chi connectivity index (χ2n) is 5.71. The van der Waals surface area contributed by atoms with E-state index in [1.807, 2.05) is 0 Å². The Kier molecular flexibility index (Phi) is 5.41. The van der Waals surface area contributed by atoms with Crippen LogP contribution in [-0.2, 0) is 14.3 Å². The lowest BCUT2D eigenvalue weighted by Gasteiger charge is -2.21. The summed E-state index contributed by atoms with van der Waals surface area (Å²) in [7, 11) is 0. The van der Waals surface area contributed by atoms with Crippen molar-refractivity contribution in [2.75, 3.05) is 17.2 Å². The molecule has 0 aliphatic carbocycles. The molecule has 0 fully saturated rings. The van der Waals surface area contributed by atoms with Gasteiger partial charge in [-0.25, -0.2) is 13.6 Å². The van der Waals surface area contributed by atoms with Crippen LogP contribution >= 0.6 is 11.8 Å². The maximum Gasteiger partial charge on any atom is 0.338 e. The van der Waals surface area contributed by atoms with Crippen molar-refractivity contribution in [3.8, 4) is 0 Å². The van der Waals surface area contributed by atoms with Crippen molar-refractivity contribution in [2.45, 2.75) is 17.1 Å². The van der Waals surface area contributed by atoms with Gasteiger partial charge in [0.25, 0.3) is 5.91 Å². The SMILES string of the molecule is CC1Sc2ccc(C(=O)OCC(=O)Nc3ccc(F)cc3F)cc2NC1=O. The molecule has 0 saturated carbocycles. The van der Waals surface area contributed by atoms with Crippen molar-refractivity contribution >= 4 is 40.9 Å². The fourth-order valence-electron chi connectivity index (χ4n) is 2.33. The van der Waals surface area contributed by atoms with E-state index >= 15 is 0 Å². The number of rotatable bonds is 4. The number of nitrogens with one attached hydrogen (secondary N) is 2. The molecule has 3 rings (SSSR count). The van der Waals surface area contributed by atoms with Gasteiger partial charge in [-0.3, -0.25) is 9.59 Å². The van der Waals surface area contributed by atoms with E-state index in [2.05, 4.69) is 10.6 Å². The number of amides is 2. The first kappa shape index (κ1) is 18.8. The van der Waals surface area contributed by atoms with Gasteiger partial charge in [0.15, 0.2) is 6.61 Å². The lowest BCUT2D eigenvalue weighted by Crippen LogP contribution is -2.26. The molecule has 1 aliphatic rings. The molecule has 2 aromatic carbocycles. The summed E-state index contributed by atoms with van der Waals surface area (Å²) in [5, 5.41) is 4.65. The summed E-state index contributed by atoms with van der Waals surface area (Å²) in [6, 6.07) is 7.35. The number of fused-ring (bicyclic) bond motifs is 1. The van der Waals surface area contributed by atoms with E-state index in [9.17, 15) is 23.2 Å². The third-order valence-corrected chi connectivity index (χ3v) is 4.86. The smallest absolute Gasteiger partial charge is 0.338 e. The molecule has 0 spiro atoms. The van der Waals surface area contributed by atoms with Crippen LogP contribution in [0.2, 0.25) is 0 Å². The maximum absolute atomic E-state index is 13.5. The van der Waals surface area contributed by atoms with Gasteiger partial charge in [-0.05, 0) is 37.3 Å². The van der Waals surface area contributed by atoms with Crippen LogP contribution in [0.3, 0.4) is 0 Å². The largest absolute Gasteiger partial charge is 0.452 e. The Bertz CT molecular complexity index is 936. The Hall–Kier alpha value is -2.94. The summed E-state index contributed by atoms with van der Waals surface area (Å²) < 4.78 is 31.2. The monoisotopic (exact) mass is 392 g/mol. The predicted octanol–water partition coefficient (Wildman–Crippen LogP) is 3.19. The Morgan fingerprint density at radius 2 is 2.00 bits per heavy atom. The summed E-state index contributed by atoms with van der Waals surface area (Å²) in [4.78, 5) is 36.4. The first-order valence-corrected chi connectivity index (χ1v) is 8.75. The number of carbonyl (C=O) groups is 3. The molecule has 1 unspecified atom stereocenters. The van der Waals surface area contributed by atoms with Gasteiger partial charge < -0.3 is 15.4 Å². The highest BCUT2D eigenvalue weighted by Crippen LogP contribution is 2.36. The molecule has 1 heterocycles. The van der Waals surface area contributed by atoms with Gasteiger partial charge in [-0.15, -0.1) is 11.8 Å². The zero-order valence-electron chi connectivity index (χ0n) is 14.0. The van der Waals surface area contributed by atoms with Crippen molar-refractivity contribution < 1.29 is 27.9 Å². The molecule has 140 valence electrons. The van der Waals surface area contributed by atoms with Crippen LogP contribution < -0.4 is 10.6 Å². The molecule has 0 radical (unpaired) electrons. The van der Waals surface area contributed by atoms with E-state index < -0.39 is 30.1 Å². The zero-order valence-corrected chi connectivity index (χ0v) is 14.9. The summed E-state index contributed by atoms with van der Waals surface area (Å²) in [6.07, 6.45) is 0. The summed E-state index contributed by atoms with van der Waals surface area (Å²) in [5.74, 6) is -3.43. The summed E-state index contributed by atoms with van der Waals surface area (Å²) >= 11 is 1.37. The fourth-order valence-corrected chi connectivity index (χ4v) is 3.26. The van der Waals surface area contributed by atoms with Crippen molar-refractivity contribution in [1.82, 2.24) is 0 Å². The number of thioether (sulfide) groups is 1. The van der Waals surface area contributed by atoms with Crippen LogP contribution in [0.25, 0.3) is 0 Å². The van der Waals surface area contributed by atoms with Crippen molar-refractivity contribution in [3.63, 3.8) is 0 Å². The second kappa shape index (κ2) is 7.75. The molecule has 0 saturated heterocycles. The Labute approximate surface area is 157 Å². The predicted molar refractivity (Wildman–Crippen MR) is 95.7 cm³/mol. The van der Waals surface area contributed by atoms with Gasteiger partial charge in [-0.1, -0.05) is 0 Å². The Morgan fingerprint density at radius 3 is 2.74 bits per heavy atom. The summed E-state index contributed by atoms with van der Waals surface area (Å²) in [6.45, 7) is 1.12. The second-order valence-corrected chi connectivity index (χ2v) is 7.09. The topological polar surface area (TPSA) is 84.5 Å². The average molecular weight is 392 g/mol. The van der Waals surface area contributed by atoms with Gasteiger partial charge in [0.05, 0.1) is 22.2 Å². The van der Waals surface area contributed by atoms with E-state index in [1.54, 1.807) is 13.0 Å². The highest BCUT2D eigenvalue weighted by molar-refractivity contribution is 8.00. The third kappa shape index (κ3) is 4.43. The Morgan fingerprint density at radius 1 is 1.22 bits per heavy atom. The molecule has 2 amide bonds. The lowest BCUT2D eigenvalue weighted by atomic mass is 10.2. The molecule has 6 nitrogen and oxygen atoms in total. The molecule has 0 aromatic heterocycles. The molecule has 1 atom stereocenters. The molecular weight excluding hydrogens is 378 g/mol. The number of esters is 1. The maximum atomic E-state index is 13.5. The number of benzene rings is 2. The van der Waals surface area contributed by atoms with Crippen LogP contribution in [-0.4, -0.2) is 29.6 Å². The number of halogens is 2. The first-order valence-electron chi connectivity index (χ1n) is 7.87. The quantitative estimate of drug-likeness (QED) is 0.781. The molecule has 9 heteroatoms. The van der Waals surface area contributed by atoms with E-state index in [1.165, 1.54) is 23.9 Å². The molecule has 2 aromatic rings. The van der Waals surface area contributed by atoms with Crippen molar-refractivity contribution in [1.29, 1.82) is 0 Å². The molecule has 2 N–H and O–H groups in total. The van der Waals surface area contributed by atoms with Crippen molar-refractivity contribution in [2.24, 2.45) is 0 Å². The summed E-state index contributed by atoms with van der Waals surface area (Å²) in [5.41, 5.74) is 0.431. The number of ether oxygens (including phenoxy) is 1. The fraction of sp³-hybridized carbons (Fsp3) is 0.167.